The molecular weight excluding hydrogens is 631 g/mol. The van der Waals surface area contributed by atoms with E-state index in [0.717, 1.165) is 6.07 Å². The van der Waals surface area contributed by atoms with Crippen LogP contribution in [0.25, 0.3) is 12.2 Å². The van der Waals surface area contributed by atoms with Gasteiger partial charge in [-0.25, -0.2) is 21.6 Å². The van der Waals surface area contributed by atoms with Crippen LogP contribution in [-0.4, -0.2) is 57.2 Å². The molecule has 2 rings (SSSR count). The van der Waals surface area contributed by atoms with Crippen molar-refractivity contribution in [2.45, 2.75) is 68.0 Å². The van der Waals surface area contributed by atoms with Crippen molar-refractivity contribution >= 4 is 84.7 Å². The fraction of sp³-hybridized carbons (Fsp3) is 0.321. The quantitative estimate of drug-likeness (QED) is 0.146. The molecule has 16 heteroatoms. The van der Waals surface area contributed by atoms with Crippen LogP contribution in [0.3, 0.4) is 0 Å². The second-order valence-corrected chi connectivity index (χ2v) is 14.0. The van der Waals surface area contributed by atoms with Gasteiger partial charge in [-0.15, -0.1) is 0 Å². The van der Waals surface area contributed by atoms with Gasteiger partial charge in [-0.3, -0.25) is 19.2 Å². The molecular formula is C28H34N5O8S3. The van der Waals surface area contributed by atoms with Crippen molar-refractivity contribution in [3.63, 3.8) is 0 Å². The summed E-state index contributed by atoms with van der Waals surface area (Å²) >= 11 is 5.24. The lowest BCUT2D eigenvalue weighted by molar-refractivity contribution is -0.119. The standard InChI is InChI=1S/C28H34N5O8S3/c1-5-6-27(37)33-44(40,41)25-14-21(31-18(4)35)11-10-20(25)8-7-19-9-12-22(32-28(42)30-17(2)3)13-24(19)43(38,39)23(16-34)15-26(29)36/h7-14,17,23H,5-6,15H2,1-4H3,(H2,29,36)(H,31,35)(H,33,37)(H2,30,32,42)/b8-7+. The SMILES string of the molecule is CCCC(=O)NS(=O)(=O)c1cc(NC(C)=O)ccc1/C=C/c1ccc(NC(=S)NC(C)C)cc1S(=O)(=O)C([C]=O)CC(N)=O. The summed E-state index contributed by atoms with van der Waals surface area (Å²) in [5.74, 6) is -2.23. The van der Waals surface area contributed by atoms with Gasteiger partial charge in [0.1, 0.15) is 5.25 Å². The summed E-state index contributed by atoms with van der Waals surface area (Å²) in [5.41, 5.74) is 5.60. The number of hydrogen-bond acceptors (Lipinski definition) is 9. The first kappa shape index (κ1) is 36.0. The maximum absolute atomic E-state index is 13.5. The van der Waals surface area contributed by atoms with Gasteiger partial charge in [0.05, 0.1) is 16.2 Å². The molecule has 0 saturated carbocycles. The average Bonchev–Trinajstić information content (AvgIpc) is 2.90. The minimum absolute atomic E-state index is 0.0207. The van der Waals surface area contributed by atoms with Gasteiger partial charge in [0.15, 0.2) is 14.9 Å². The number of primary amides is 1. The molecule has 0 aromatic heterocycles. The lowest BCUT2D eigenvalue weighted by Crippen LogP contribution is -2.34. The molecule has 3 amide bonds. The largest absolute Gasteiger partial charge is 0.370 e. The molecule has 2 aromatic carbocycles. The minimum atomic E-state index is -4.55. The smallest absolute Gasteiger partial charge is 0.264 e. The van der Waals surface area contributed by atoms with Crippen LogP contribution in [0.2, 0.25) is 0 Å². The number of rotatable bonds is 14. The Kier molecular flexibility index (Phi) is 12.7. The molecule has 6 N–H and O–H groups in total. The number of nitrogens with two attached hydrogens (primary N) is 1. The molecule has 0 aliphatic rings. The van der Waals surface area contributed by atoms with Gasteiger partial charge < -0.3 is 21.7 Å². The highest BCUT2D eigenvalue weighted by Gasteiger charge is 2.32. The van der Waals surface area contributed by atoms with E-state index in [0.29, 0.717) is 6.42 Å². The van der Waals surface area contributed by atoms with Crippen LogP contribution in [0.4, 0.5) is 11.4 Å². The van der Waals surface area contributed by atoms with Crippen LogP contribution in [0.5, 0.6) is 0 Å². The summed E-state index contributed by atoms with van der Waals surface area (Å²) < 4.78 is 55.4. The number of sulfonamides is 1. The molecule has 0 fully saturated rings. The second-order valence-electron chi connectivity index (χ2n) is 9.87. The number of carbonyl (C=O) groups excluding carboxylic acids is 4. The zero-order valence-electron chi connectivity index (χ0n) is 24.5. The van der Waals surface area contributed by atoms with Crippen LogP contribution in [0.1, 0.15) is 58.1 Å². The molecule has 0 bridgehead atoms. The lowest BCUT2D eigenvalue weighted by atomic mass is 10.1. The van der Waals surface area contributed by atoms with Gasteiger partial charge in [-0.1, -0.05) is 31.2 Å². The van der Waals surface area contributed by atoms with Crippen LogP contribution < -0.4 is 26.4 Å². The van der Waals surface area contributed by atoms with Crippen LogP contribution in [-0.2, 0) is 39.0 Å². The molecule has 1 atom stereocenters. The molecule has 0 heterocycles. The number of carbonyl (C=O) groups is 3. The number of benzene rings is 2. The van der Waals surface area contributed by atoms with Crippen LogP contribution >= 0.6 is 12.2 Å². The molecule has 237 valence electrons. The van der Waals surface area contributed by atoms with Gasteiger partial charge >= 0.3 is 0 Å². The van der Waals surface area contributed by atoms with Crippen LogP contribution in [0, 0.1) is 0 Å². The maximum atomic E-state index is 13.5. The van der Waals surface area contributed by atoms with Gasteiger partial charge in [0, 0.05) is 30.8 Å². The topological polar surface area (TPSA) is 211 Å². The predicted octanol–water partition coefficient (Wildman–Crippen LogP) is 2.24. The molecule has 1 radical (unpaired) electrons. The van der Waals surface area contributed by atoms with Crippen molar-refractivity contribution < 1.29 is 36.0 Å². The zero-order valence-corrected chi connectivity index (χ0v) is 26.9. The van der Waals surface area contributed by atoms with E-state index in [4.69, 9.17) is 18.0 Å². The van der Waals surface area contributed by atoms with Crippen molar-refractivity contribution in [2.24, 2.45) is 5.73 Å². The first-order valence-corrected chi connectivity index (χ1v) is 16.7. The summed E-state index contributed by atoms with van der Waals surface area (Å²) in [6.45, 7) is 6.63. The number of amides is 3. The van der Waals surface area contributed by atoms with Crippen molar-refractivity contribution in [2.75, 3.05) is 10.6 Å². The molecule has 13 nitrogen and oxygen atoms in total. The van der Waals surface area contributed by atoms with E-state index in [1.807, 2.05) is 18.6 Å². The summed E-state index contributed by atoms with van der Waals surface area (Å²) in [5, 5.41) is 6.56. The fourth-order valence-corrected chi connectivity index (χ4v) is 6.99. The highest BCUT2D eigenvalue weighted by atomic mass is 32.2. The van der Waals surface area contributed by atoms with Crippen molar-refractivity contribution in [1.29, 1.82) is 0 Å². The van der Waals surface area contributed by atoms with Gasteiger partial charge in [0.2, 0.25) is 24.0 Å². The van der Waals surface area contributed by atoms with Gasteiger partial charge in [-0.2, -0.15) is 0 Å². The summed E-state index contributed by atoms with van der Waals surface area (Å²) in [6.07, 6.45) is 3.47. The van der Waals surface area contributed by atoms with E-state index < -0.39 is 54.1 Å². The zero-order chi connectivity index (χ0) is 33.2. The van der Waals surface area contributed by atoms with E-state index >= 15 is 0 Å². The number of hydrogen-bond donors (Lipinski definition) is 5. The second kappa shape index (κ2) is 15.5. The molecule has 1 unspecified atom stereocenters. The first-order valence-electron chi connectivity index (χ1n) is 13.3. The summed E-state index contributed by atoms with van der Waals surface area (Å²) in [7, 11) is -8.97. The van der Waals surface area contributed by atoms with E-state index in [9.17, 15) is 36.0 Å². The molecule has 44 heavy (non-hydrogen) atoms. The Labute approximate surface area is 262 Å². The van der Waals surface area contributed by atoms with E-state index in [2.05, 4.69) is 16.0 Å². The molecule has 0 saturated heterocycles. The predicted molar refractivity (Wildman–Crippen MR) is 171 cm³/mol. The third-order valence-electron chi connectivity index (χ3n) is 5.68. The highest BCUT2D eigenvalue weighted by molar-refractivity contribution is 7.92. The van der Waals surface area contributed by atoms with Crippen molar-refractivity contribution in [3.05, 3.63) is 47.5 Å². The number of sulfone groups is 1. The van der Waals surface area contributed by atoms with E-state index in [-0.39, 0.29) is 45.0 Å². The Morgan fingerprint density at radius 2 is 1.50 bits per heavy atom. The molecule has 0 aliphatic heterocycles. The third kappa shape index (κ3) is 10.2. The number of anilines is 2. The normalized spacial score (nSPS) is 12.4. The Balaban J connectivity index is 2.73. The first-order chi connectivity index (χ1) is 20.5. The Morgan fingerprint density at radius 3 is 2.00 bits per heavy atom. The fourth-order valence-electron chi connectivity index (χ4n) is 3.82. The monoisotopic (exact) mass is 664 g/mol. The van der Waals surface area contributed by atoms with Crippen LogP contribution in [0.15, 0.2) is 46.2 Å². The van der Waals surface area contributed by atoms with Gasteiger partial charge in [0.25, 0.3) is 10.0 Å². The van der Waals surface area contributed by atoms with E-state index in [1.165, 1.54) is 55.7 Å². The number of thiocarbonyl (C=S) groups is 1. The molecule has 0 aliphatic carbocycles. The van der Waals surface area contributed by atoms with Gasteiger partial charge in [-0.05, 0) is 67.9 Å². The van der Waals surface area contributed by atoms with Crippen molar-refractivity contribution in [1.82, 2.24) is 10.0 Å². The van der Waals surface area contributed by atoms with Crippen molar-refractivity contribution in [3.8, 4) is 0 Å². The minimum Gasteiger partial charge on any atom is -0.370 e. The lowest BCUT2D eigenvalue weighted by Gasteiger charge is -2.17. The Morgan fingerprint density at radius 1 is 0.955 bits per heavy atom. The maximum Gasteiger partial charge on any atom is 0.264 e. The third-order valence-corrected chi connectivity index (χ3v) is 9.31. The Bertz CT molecular complexity index is 1690. The highest BCUT2D eigenvalue weighted by Crippen LogP contribution is 2.29. The Hall–Kier alpha value is -4.15. The molecule has 2 aromatic rings. The summed E-state index contributed by atoms with van der Waals surface area (Å²) in [6, 6.07) is 8.00. The average molecular weight is 665 g/mol. The van der Waals surface area contributed by atoms with E-state index in [1.54, 1.807) is 6.92 Å². The molecule has 0 spiro atoms. The number of nitrogens with one attached hydrogen (secondary N) is 4. The summed E-state index contributed by atoms with van der Waals surface area (Å²) in [4.78, 5) is 46.1.